The van der Waals surface area contributed by atoms with Crippen LogP contribution in [0.2, 0.25) is 5.02 Å². The number of ether oxygens (including phenoxy) is 2. The molecule has 0 radical (unpaired) electrons. The van der Waals surface area contributed by atoms with E-state index in [4.69, 9.17) is 26.3 Å². The molecule has 1 N–H and O–H groups in total. The van der Waals surface area contributed by atoms with Gasteiger partial charge < -0.3 is 14.8 Å². The first kappa shape index (κ1) is 19.3. The normalized spacial score (nSPS) is 11.2. The van der Waals surface area contributed by atoms with Crippen molar-refractivity contribution < 1.29 is 19.1 Å². The summed E-state index contributed by atoms with van der Waals surface area (Å²) in [4.78, 5) is 23.9. The summed E-state index contributed by atoms with van der Waals surface area (Å²) in [7, 11) is 0. The Balaban J connectivity index is 1.83. The number of halogens is 1. The van der Waals surface area contributed by atoms with Crippen LogP contribution in [0.1, 0.15) is 18.1 Å². The molecule has 6 nitrogen and oxygen atoms in total. The van der Waals surface area contributed by atoms with Crippen LogP contribution in [0.25, 0.3) is 0 Å². The number of esters is 1. The lowest BCUT2D eigenvalue weighted by Crippen LogP contribution is -2.29. The number of nitriles is 1. The molecule has 26 heavy (non-hydrogen) atoms. The Hall–Kier alpha value is -3.04. The molecule has 0 spiro atoms. The van der Waals surface area contributed by atoms with Crippen LogP contribution in [0.15, 0.2) is 42.5 Å². The molecule has 0 saturated carbocycles. The zero-order valence-electron chi connectivity index (χ0n) is 14.3. The fourth-order valence-corrected chi connectivity index (χ4v) is 2.20. The molecule has 0 aromatic heterocycles. The first-order valence-electron chi connectivity index (χ1n) is 7.78. The number of hydrogen-bond donors (Lipinski definition) is 1. The SMILES string of the molecule is Cc1ccc(Cl)cc1NC(=O)COC(=O)[C@@H](C)Oc1ccc(C#N)cc1. The van der Waals surface area contributed by atoms with Crippen LogP contribution in [0, 0.1) is 18.3 Å². The summed E-state index contributed by atoms with van der Waals surface area (Å²) in [6, 6.07) is 13.4. The van der Waals surface area contributed by atoms with Crippen molar-refractivity contribution in [2.24, 2.45) is 0 Å². The largest absolute Gasteiger partial charge is 0.479 e. The van der Waals surface area contributed by atoms with E-state index < -0.39 is 24.6 Å². The maximum atomic E-state index is 11.9. The van der Waals surface area contributed by atoms with Crippen molar-refractivity contribution in [1.29, 1.82) is 5.26 Å². The lowest BCUT2D eigenvalue weighted by Gasteiger charge is -2.14. The van der Waals surface area contributed by atoms with E-state index in [9.17, 15) is 9.59 Å². The Labute approximate surface area is 156 Å². The first-order valence-corrected chi connectivity index (χ1v) is 8.16. The lowest BCUT2D eigenvalue weighted by atomic mass is 10.2. The number of anilines is 1. The van der Waals surface area contributed by atoms with Gasteiger partial charge in [-0.3, -0.25) is 4.79 Å². The maximum Gasteiger partial charge on any atom is 0.347 e. The van der Waals surface area contributed by atoms with Crippen LogP contribution in [0.5, 0.6) is 5.75 Å². The molecular formula is C19H17ClN2O4. The second kappa shape index (κ2) is 8.88. The van der Waals surface area contributed by atoms with Gasteiger partial charge in [0.05, 0.1) is 11.6 Å². The van der Waals surface area contributed by atoms with Gasteiger partial charge in [-0.25, -0.2) is 4.79 Å². The molecule has 0 aliphatic carbocycles. The summed E-state index contributed by atoms with van der Waals surface area (Å²) in [6.07, 6.45) is -0.899. The smallest absolute Gasteiger partial charge is 0.347 e. The highest BCUT2D eigenvalue weighted by molar-refractivity contribution is 6.31. The van der Waals surface area contributed by atoms with E-state index in [1.807, 2.05) is 13.0 Å². The number of benzene rings is 2. The van der Waals surface area contributed by atoms with Gasteiger partial charge >= 0.3 is 5.97 Å². The molecule has 7 heteroatoms. The second-order valence-electron chi connectivity index (χ2n) is 5.51. The predicted octanol–water partition coefficient (Wildman–Crippen LogP) is 3.47. The molecular weight excluding hydrogens is 356 g/mol. The monoisotopic (exact) mass is 372 g/mol. The highest BCUT2D eigenvalue weighted by Crippen LogP contribution is 2.20. The molecule has 0 aliphatic rings. The molecule has 0 heterocycles. The third-order valence-electron chi connectivity index (χ3n) is 3.45. The van der Waals surface area contributed by atoms with Gasteiger partial charge in [0.15, 0.2) is 12.7 Å². The molecule has 2 aromatic rings. The quantitative estimate of drug-likeness (QED) is 0.784. The summed E-state index contributed by atoms with van der Waals surface area (Å²) >= 11 is 5.89. The average Bonchev–Trinajstić information content (AvgIpc) is 2.63. The highest BCUT2D eigenvalue weighted by atomic mass is 35.5. The van der Waals surface area contributed by atoms with E-state index in [1.54, 1.807) is 42.5 Å². The van der Waals surface area contributed by atoms with Crippen LogP contribution in [0.4, 0.5) is 5.69 Å². The molecule has 2 aromatic carbocycles. The van der Waals surface area contributed by atoms with Crippen molar-refractivity contribution in [1.82, 2.24) is 0 Å². The number of nitrogens with one attached hydrogen (secondary N) is 1. The van der Waals surface area contributed by atoms with E-state index in [2.05, 4.69) is 5.32 Å². The summed E-state index contributed by atoms with van der Waals surface area (Å²) in [6.45, 7) is 2.90. The van der Waals surface area contributed by atoms with Crippen molar-refractivity contribution in [3.05, 3.63) is 58.6 Å². The van der Waals surface area contributed by atoms with Crippen molar-refractivity contribution >= 4 is 29.2 Å². The van der Waals surface area contributed by atoms with E-state index in [1.165, 1.54) is 6.92 Å². The minimum Gasteiger partial charge on any atom is -0.479 e. The van der Waals surface area contributed by atoms with Gasteiger partial charge in [0, 0.05) is 10.7 Å². The van der Waals surface area contributed by atoms with E-state index in [0.29, 0.717) is 22.0 Å². The first-order chi connectivity index (χ1) is 12.4. The Kier molecular flexibility index (Phi) is 6.59. The van der Waals surface area contributed by atoms with Crippen LogP contribution < -0.4 is 10.1 Å². The number of amides is 1. The molecule has 0 aliphatic heterocycles. The summed E-state index contributed by atoms with van der Waals surface area (Å²) < 4.78 is 10.4. The van der Waals surface area contributed by atoms with Crippen LogP contribution >= 0.6 is 11.6 Å². The Morgan fingerprint density at radius 1 is 1.23 bits per heavy atom. The number of carbonyl (C=O) groups excluding carboxylic acids is 2. The summed E-state index contributed by atoms with van der Waals surface area (Å²) in [5.74, 6) is -0.728. The summed E-state index contributed by atoms with van der Waals surface area (Å²) in [5, 5.41) is 11.9. The van der Waals surface area contributed by atoms with Gasteiger partial charge in [-0.2, -0.15) is 5.26 Å². The van der Waals surface area contributed by atoms with Crippen molar-refractivity contribution in [2.45, 2.75) is 20.0 Å². The molecule has 0 bridgehead atoms. The summed E-state index contributed by atoms with van der Waals surface area (Å²) in [5.41, 5.74) is 1.88. The minimum absolute atomic E-state index is 0.424. The Bertz CT molecular complexity index is 844. The molecule has 134 valence electrons. The Morgan fingerprint density at radius 3 is 2.58 bits per heavy atom. The molecule has 0 unspecified atom stereocenters. The number of carbonyl (C=O) groups is 2. The fraction of sp³-hybridized carbons (Fsp3) is 0.211. The molecule has 1 atom stereocenters. The van der Waals surface area contributed by atoms with Crippen LogP contribution in [0.3, 0.4) is 0 Å². The van der Waals surface area contributed by atoms with Gasteiger partial charge in [0.2, 0.25) is 0 Å². The number of nitrogens with zero attached hydrogens (tertiary/aromatic N) is 1. The highest BCUT2D eigenvalue weighted by Gasteiger charge is 2.18. The fourth-order valence-electron chi connectivity index (χ4n) is 2.03. The van der Waals surface area contributed by atoms with Gasteiger partial charge in [-0.05, 0) is 55.8 Å². The van der Waals surface area contributed by atoms with Crippen molar-refractivity contribution in [2.75, 3.05) is 11.9 Å². The van der Waals surface area contributed by atoms with Crippen LogP contribution in [-0.4, -0.2) is 24.6 Å². The van der Waals surface area contributed by atoms with Gasteiger partial charge in [-0.15, -0.1) is 0 Å². The topological polar surface area (TPSA) is 88.4 Å². The van der Waals surface area contributed by atoms with Gasteiger partial charge in [0.25, 0.3) is 5.91 Å². The lowest BCUT2D eigenvalue weighted by molar-refractivity contribution is -0.153. The second-order valence-corrected chi connectivity index (χ2v) is 5.95. The number of aryl methyl sites for hydroxylation is 1. The maximum absolute atomic E-state index is 11.9. The third-order valence-corrected chi connectivity index (χ3v) is 3.68. The zero-order valence-corrected chi connectivity index (χ0v) is 15.0. The third kappa shape index (κ3) is 5.50. The average molecular weight is 373 g/mol. The number of rotatable bonds is 6. The van der Waals surface area contributed by atoms with E-state index in [-0.39, 0.29) is 0 Å². The standard InChI is InChI=1S/C19H17ClN2O4/c1-12-3-6-15(20)9-17(12)22-18(23)11-25-19(24)13(2)26-16-7-4-14(10-21)5-8-16/h3-9,13H,11H2,1-2H3,(H,22,23)/t13-/m1/s1. The van der Waals surface area contributed by atoms with E-state index in [0.717, 1.165) is 5.56 Å². The predicted molar refractivity (Wildman–Crippen MR) is 97.0 cm³/mol. The molecule has 0 fully saturated rings. The molecule has 0 saturated heterocycles. The van der Waals surface area contributed by atoms with E-state index >= 15 is 0 Å². The number of hydrogen-bond acceptors (Lipinski definition) is 5. The van der Waals surface area contributed by atoms with Crippen molar-refractivity contribution in [3.63, 3.8) is 0 Å². The van der Waals surface area contributed by atoms with Gasteiger partial charge in [0.1, 0.15) is 5.75 Å². The van der Waals surface area contributed by atoms with Crippen LogP contribution in [-0.2, 0) is 14.3 Å². The minimum atomic E-state index is -0.899. The van der Waals surface area contributed by atoms with Gasteiger partial charge in [-0.1, -0.05) is 17.7 Å². The Morgan fingerprint density at radius 2 is 1.92 bits per heavy atom. The van der Waals surface area contributed by atoms with Crippen molar-refractivity contribution in [3.8, 4) is 11.8 Å². The molecule has 1 amide bonds. The zero-order chi connectivity index (χ0) is 19.1. The molecule has 2 rings (SSSR count).